The number of methoxy groups -OCH3 is 2. The van der Waals surface area contributed by atoms with Crippen molar-refractivity contribution in [3.63, 3.8) is 0 Å². The van der Waals surface area contributed by atoms with E-state index in [9.17, 15) is 0 Å². The molecule has 1 saturated carbocycles. The summed E-state index contributed by atoms with van der Waals surface area (Å²) in [6.45, 7) is 0. The molecule has 1 aliphatic carbocycles. The Labute approximate surface area is 63.7 Å². The highest BCUT2D eigenvalue weighted by atomic mass is 79.9. The number of hydrogen-bond donors (Lipinski definition) is 0. The molecule has 3 heteroatoms. The molecule has 3 atom stereocenters. The lowest BCUT2D eigenvalue weighted by molar-refractivity contribution is -0.0888. The van der Waals surface area contributed by atoms with E-state index in [1.807, 2.05) is 0 Å². The molecule has 2 nitrogen and oxygen atoms in total. The lowest BCUT2D eigenvalue weighted by Gasteiger charge is -2.39. The molecule has 0 N–H and O–H groups in total. The summed E-state index contributed by atoms with van der Waals surface area (Å²) in [6, 6.07) is 0. The highest BCUT2D eigenvalue weighted by molar-refractivity contribution is 9.09. The summed E-state index contributed by atoms with van der Waals surface area (Å²) in [5, 5.41) is 0. The molecule has 0 bridgehead atoms. The Bertz CT molecular complexity index is 97.1. The molecule has 0 spiro atoms. The van der Waals surface area contributed by atoms with Crippen LogP contribution in [-0.4, -0.2) is 31.3 Å². The van der Waals surface area contributed by atoms with Crippen LogP contribution in [0.3, 0.4) is 0 Å². The number of rotatable bonds is 2. The summed E-state index contributed by atoms with van der Waals surface area (Å²) in [5.41, 5.74) is 0. The number of ether oxygens (including phenoxy) is 2. The average Bonchev–Trinajstić information content (AvgIpc) is 1.83. The van der Waals surface area contributed by atoms with E-state index in [1.165, 1.54) is 0 Å². The molecule has 9 heavy (non-hydrogen) atoms. The SMILES string of the molecule is COC1CC(Br)C1OC. The molecular formula is C6H11BrO2. The second-order valence-corrected chi connectivity index (χ2v) is 3.40. The Balaban J connectivity index is 2.29. The van der Waals surface area contributed by atoms with E-state index in [1.54, 1.807) is 14.2 Å². The van der Waals surface area contributed by atoms with E-state index in [4.69, 9.17) is 9.47 Å². The normalized spacial score (nSPS) is 42.3. The number of alkyl halides is 1. The van der Waals surface area contributed by atoms with Gasteiger partial charge < -0.3 is 9.47 Å². The predicted octanol–water partition coefficient (Wildman–Crippen LogP) is 1.18. The summed E-state index contributed by atoms with van der Waals surface area (Å²) in [5.74, 6) is 0. The third-order valence-corrected chi connectivity index (χ3v) is 2.65. The van der Waals surface area contributed by atoms with Gasteiger partial charge in [0.15, 0.2) is 0 Å². The second kappa shape index (κ2) is 2.99. The van der Waals surface area contributed by atoms with Gasteiger partial charge in [0.25, 0.3) is 0 Å². The highest BCUT2D eigenvalue weighted by Gasteiger charge is 2.39. The van der Waals surface area contributed by atoms with Crippen LogP contribution in [0, 0.1) is 0 Å². The zero-order valence-electron chi connectivity index (χ0n) is 5.63. The van der Waals surface area contributed by atoms with Crippen LogP contribution < -0.4 is 0 Å². The van der Waals surface area contributed by atoms with Crippen molar-refractivity contribution in [2.45, 2.75) is 23.5 Å². The first-order chi connectivity index (χ1) is 4.29. The van der Waals surface area contributed by atoms with Crippen molar-refractivity contribution in [1.29, 1.82) is 0 Å². The maximum Gasteiger partial charge on any atom is 0.0958 e. The van der Waals surface area contributed by atoms with Crippen molar-refractivity contribution < 1.29 is 9.47 Å². The Morgan fingerprint density at radius 1 is 1.33 bits per heavy atom. The standard InChI is InChI=1S/C6H11BrO2/c1-8-5-3-4(7)6(5)9-2/h4-6H,3H2,1-2H3. The monoisotopic (exact) mass is 194 g/mol. The van der Waals surface area contributed by atoms with Crippen LogP contribution in [-0.2, 0) is 9.47 Å². The molecule has 0 aliphatic heterocycles. The number of hydrogen-bond acceptors (Lipinski definition) is 2. The molecule has 1 aliphatic rings. The van der Waals surface area contributed by atoms with Crippen LogP contribution in [0.5, 0.6) is 0 Å². The molecule has 0 aromatic rings. The third kappa shape index (κ3) is 1.28. The fraction of sp³-hybridized carbons (Fsp3) is 1.00. The zero-order chi connectivity index (χ0) is 6.85. The van der Waals surface area contributed by atoms with Crippen molar-refractivity contribution in [2.75, 3.05) is 14.2 Å². The minimum Gasteiger partial charge on any atom is -0.379 e. The van der Waals surface area contributed by atoms with E-state index >= 15 is 0 Å². The molecule has 1 rings (SSSR count). The first-order valence-electron chi connectivity index (χ1n) is 2.99. The molecule has 3 unspecified atom stereocenters. The highest BCUT2D eigenvalue weighted by Crippen LogP contribution is 2.31. The van der Waals surface area contributed by atoms with Gasteiger partial charge in [-0.1, -0.05) is 15.9 Å². The fourth-order valence-corrected chi connectivity index (χ4v) is 1.98. The van der Waals surface area contributed by atoms with Crippen LogP contribution in [0.15, 0.2) is 0 Å². The minimum absolute atomic E-state index is 0.259. The first-order valence-corrected chi connectivity index (χ1v) is 3.90. The molecule has 54 valence electrons. The maximum absolute atomic E-state index is 5.13. The van der Waals surface area contributed by atoms with E-state index < -0.39 is 0 Å². The van der Waals surface area contributed by atoms with E-state index in [2.05, 4.69) is 15.9 Å². The van der Waals surface area contributed by atoms with Crippen LogP contribution in [0.4, 0.5) is 0 Å². The van der Waals surface area contributed by atoms with Crippen LogP contribution in [0.25, 0.3) is 0 Å². The van der Waals surface area contributed by atoms with Gasteiger partial charge in [-0.05, 0) is 6.42 Å². The van der Waals surface area contributed by atoms with E-state index in [0.29, 0.717) is 10.9 Å². The van der Waals surface area contributed by atoms with Crippen molar-refractivity contribution in [1.82, 2.24) is 0 Å². The van der Waals surface area contributed by atoms with Crippen molar-refractivity contribution in [3.05, 3.63) is 0 Å². The van der Waals surface area contributed by atoms with Crippen molar-refractivity contribution in [3.8, 4) is 0 Å². The predicted molar refractivity (Wildman–Crippen MR) is 38.9 cm³/mol. The van der Waals surface area contributed by atoms with Crippen LogP contribution >= 0.6 is 15.9 Å². The Hall–Kier alpha value is 0.400. The van der Waals surface area contributed by atoms with Gasteiger partial charge in [0.1, 0.15) is 0 Å². The third-order valence-electron chi connectivity index (χ3n) is 1.76. The smallest absolute Gasteiger partial charge is 0.0958 e. The zero-order valence-corrected chi connectivity index (χ0v) is 7.22. The largest absolute Gasteiger partial charge is 0.379 e. The molecule has 0 aromatic heterocycles. The van der Waals surface area contributed by atoms with Gasteiger partial charge in [-0.15, -0.1) is 0 Å². The van der Waals surface area contributed by atoms with Gasteiger partial charge in [-0.25, -0.2) is 0 Å². The van der Waals surface area contributed by atoms with Crippen LogP contribution in [0.2, 0.25) is 0 Å². The molecule has 0 saturated heterocycles. The lowest BCUT2D eigenvalue weighted by atomic mass is 9.92. The molecule has 1 fully saturated rings. The molecule has 0 aromatic carbocycles. The van der Waals surface area contributed by atoms with Gasteiger partial charge >= 0.3 is 0 Å². The first kappa shape index (κ1) is 7.51. The average molecular weight is 195 g/mol. The quantitative estimate of drug-likeness (QED) is 0.616. The molecular weight excluding hydrogens is 184 g/mol. The summed E-state index contributed by atoms with van der Waals surface area (Å²) in [4.78, 5) is 0.493. The fourth-order valence-electron chi connectivity index (χ4n) is 1.06. The molecule has 0 amide bonds. The summed E-state index contributed by atoms with van der Waals surface area (Å²) >= 11 is 3.46. The van der Waals surface area contributed by atoms with E-state index in [0.717, 1.165) is 6.42 Å². The Morgan fingerprint density at radius 2 is 2.00 bits per heavy atom. The van der Waals surface area contributed by atoms with Gasteiger partial charge in [0, 0.05) is 19.0 Å². The second-order valence-electron chi connectivity index (χ2n) is 2.23. The molecule has 0 heterocycles. The topological polar surface area (TPSA) is 18.5 Å². The summed E-state index contributed by atoms with van der Waals surface area (Å²) in [6.07, 6.45) is 1.63. The van der Waals surface area contributed by atoms with Gasteiger partial charge in [-0.2, -0.15) is 0 Å². The Kier molecular flexibility index (Phi) is 2.50. The Morgan fingerprint density at radius 3 is 2.22 bits per heavy atom. The van der Waals surface area contributed by atoms with Crippen molar-refractivity contribution >= 4 is 15.9 Å². The minimum atomic E-state index is 0.259. The van der Waals surface area contributed by atoms with Gasteiger partial charge in [-0.3, -0.25) is 0 Å². The van der Waals surface area contributed by atoms with Crippen LogP contribution in [0.1, 0.15) is 6.42 Å². The van der Waals surface area contributed by atoms with Gasteiger partial charge in [0.05, 0.1) is 12.2 Å². The van der Waals surface area contributed by atoms with Gasteiger partial charge in [0.2, 0.25) is 0 Å². The maximum atomic E-state index is 5.13. The van der Waals surface area contributed by atoms with Crippen molar-refractivity contribution in [2.24, 2.45) is 0 Å². The molecule has 0 radical (unpaired) electrons. The summed E-state index contributed by atoms with van der Waals surface area (Å²) in [7, 11) is 3.43. The lowest BCUT2D eigenvalue weighted by Crippen LogP contribution is -2.49. The van der Waals surface area contributed by atoms with E-state index in [-0.39, 0.29) is 6.10 Å². The summed E-state index contributed by atoms with van der Waals surface area (Å²) < 4.78 is 10.2. The number of halogens is 1.